The van der Waals surface area contributed by atoms with Crippen LogP contribution in [-0.4, -0.2) is 30.2 Å². The van der Waals surface area contributed by atoms with Crippen molar-refractivity contribution >= 4 is 28.5 Å². The quantitative estimate of drug-likeness (QED) is 0.557. The van der Waals surface area contributed by atoms with Gasteiger partial charge in [0.2, 0.25) is 5.91 Å². The first-order chi connectivity index (χ1) is 13.2. The van der Waals surface area contributed by atoms with E-state index in [-0.39, 0.29) is 5.91 Å². The summed E-state index contributed by atoms with van der Waals surface area (Å²) in [5.74, 6) is 0.0851. The summed E-state index contributed by atoms with van der Waals surface area (Å²) in [5.41, 5.74) is 3.24. The molecular formula is C21H20N2O4. The predicted molar refractivity (Wildman–Crippen MR) is 102 cm³/mol. The van der Waals surface area contributed by atoms with Crippen LogP contribution in [0, 0.1) is 0 Å². The number of rotatable bonds is 5. The molecule has 6 nitrogen and oxygen atoms in total. The van der Waals surface area contributed by atoms with Crippen LogP contribution in [0.2, 0.25) is 0 Å². The van der Waals surface area contributed by atoms with Crippen molar-refractivity contribution < 1.29 is 19.1 Å². The highest BCUT2D eigenvalue weighted by atomic mass is 16.5. The summed E-state index contributed by atoms with van der Waals surface area (Å²) in [7, 11) is 1.65. The molecule has 0 aliphatic carbocycles. The number of fused-ring (bicyclic) bond motifs is 2. The summed E-state index contributed by atoms with van der Waals surface area (Å²) in [6.07, 6.45) is 2.89. The number of aromatic nitrogens is 1. The van der Waals surface area contributed by atoms with Crippen LogP contribution in [0.1, 0.15) is 22.3 Å². The summed E-state index contributed by atoms with van der Waals surface area (Å²) in [4.78, 5) is 24.3. The Morgan fingerprint density at radius 1 is 1.19 bits per heavy atom. The molecule has 2 aromatic carbocycles. The molecule has 4 rings (SSSR count). The van der Waals surface area contributed by atoms with Gasteiger partial charge in [0.15, 0.2) is 0 Å². The van der Waals surface area contributed by atoms with Crippen LogP contribution in [0.5, 0.6) is 5.75 Å². The maximum atomic E-state index is 12.8. The third kappa shape index (κ3) is 3.44. The molecule has 138 valence electrons. The van der Waals surface area contributed by atoms with Crippen LogP contribution < -0.4 is 10.1 Å². The Bertz CT molecular complexity index is 1020. The van der Waals surface area contributed by atoms with Crippen molar-refractivity contribution in [2.24, 2.45) is 0 Å². The molecule has 1 N–H and O–H groups in total. The molecular weight excluding hydrogens is 344 g/mol. The van der Waals surface area contributed by atoms with E-state index in [0.29, 0.717) is 37.3 Å². The number of methoxy groups -OCH3 is 1. The maximum absolute atomic E-state index is 12.8. The van der Waals surface area contributed by atoms with E-state index in [2.05, 4.69) is 5.32 Å². The Morgan fingerprint density at radius 3 is 2.89 bits per heavy atom. The molecule has 0 fully saturated rings. The zero-order valence-electron chi connectivity index (χ0n) is 15.0. The lowest BCUT2D eigenvalue weighted by atomic mass is 10.0. The van der Waals surface area contributed by atoms with Gasteiger partial charge in [-0.25, -0.2) is 4.79 Å². The van der Waals surface area contributed by atoms with E-state index < -0.39 is 5.97 Å². The summed E-state index contributed by atoms with van der Waals surface area (Å²) >= 11 is 0. The van der Waals surface area contributed by atoms with Gasteiger partial charge >= 0.3 is 5.97 Å². The first-order valence-electron chi connectivity index (χ1n) is 8.87. The Kier molecular flexibility index (Phi) is 4.64. The topological polar surface area (TPSA) is 69.6 Å². The number of hydrogen-bond donors (Lipinski definition) is 1. The molecule has 0 bridgehead atoms. The molecule has 0 saturated carbocycles. The van der Waals surface area contributed by atoms with E-state index >= 15 is 0 Å². The highest BCUT2D eigenvalue weighted by Gasteiger charge is 2.19. The highest BCUT2D eigenvalue weighted by Crippen LogP contribution is 2.28. The number of ether oxygens (including phenoxy) is 2. The van der Waals surface area contributed by atoms with Crippen molar-refractivity contribution in [1.29, 1.82) is 0 Å². The van der Waals surface area contributed by atoms with Gasteiger partial charge in [-0.05, 0) is 36.2 Å². The first kappa shape index (κ1) is 17.3. The van der Waals surface area contributed by atoms with Gasteiger partial charge < -0.3 is 19.4 Å². The Labute approximate surface area is 156 Å². The molecule has 1 aliphatic rings. The van der Waals surface area contributed by atoms with Crippen LogP contribution >= 0.6 is 0 Å². The lowest BCUT2D eigenvalue weighted by Crippen LogP contribution is -2.19. The van der Waals surface area contributed by atoms with Gasteiger partial charge in [0.25, 0.3) is 0 Å². The fraction of sp³-hybridized carbons (Fsp3) is 0.238. The number of carbonyl (C=O) groups excluding carboxylic acids is 2. The van der Waals surface area contributed by atoms with Crippen LogP contribution in [-0.2, 0) is 22.5 Å². The lowest BCUT2D eigenvalue weighted by molar-refractivity contribution is -0.116. The average Bonchev–Trinajstić information content (AvgIpc) is 3.05. The van der Waals surface area contributed by atoms with Gasteiger partial charge in [-0.3, -0.25) is 4.79 Å². The van der Waals surface area contributed by atoms with E-state index in [4.69, 9.17) is 9.47 Å². The van der Waals surface area contributed by atoms with E-state index in [9.17, 15) is 9.59 Å². The van der Waals surface area contributed by atoms with E-state index in [0.717, 1.165) is 22.2 Å². The lowest BCUT2D eigenvalue weighted by Gasteiger charge is -2.17. The number of benzene rings is 2. The van der Waals surface area contributed by atoms with Crippen LogP contribution in [0.15, 0.2) is 48.7 Å². The second kappa shape index (κ2) is 7.25. The van der Waals surface area contributed by atoms with Gasteiger partial charge in [-0.15, -0.1) is 0 Å². The van der Waals surface area contributed by atoms with Crippen molar-refractivity contribution in [2.45, 2.75) is 19.4 Å². The van der Waals surface area contributed by atoms with Crippen molar-refractivity contribution in [3.05, 3.63) is 59.8 Å². The van der Waals surface area contributed by atoms with Gasteiger partial charge in [-0.1, -0.05) is 18.2 Å². The Balaban J connectivity index is 1.61. The minimum atomic E-state index is -0.401. The third-order valence-corrected chi connectivity index (χ3v) is 4.73. The predicted octanol–water partition coefficient (Wildman–Crippen LogP) is 3.39. The van der Waals surface area contributed by atoms with Crippen molar-refractivity contribution in [1.82, 2.24) is 4.57 Å². The van der Waals surface area contributed by atoms with Crippen molar-refractivity contribution in [3.8, 4) is 5.75 Å². The molecule has 0 saturated heterocycles. The fourth-order valence-electron chi connectivity index (χ4n) is 3.37. The SMILES string of the molecule is COCCn1cc(C(=O)Oc2ccc3c(c2)CCC(=O)N3)c2ccccc21. The number of anilines is 1. The number of nitrogens with one attached hydrogen (secondary N) is 1. The van der Waals surface area contributed by atoms with Crippen LogP contribution in [0.25, 0.3) is 10.9 Å². The third-order valence-electron chi connectivity index (χ3n) is 4.73. The zero-order valence-corrected chi connectivity index (χ0v) is 15.0. The van der Waals surface area contributed by atoms with Crippen molar-refractivity contribution in [2.75, 3.05) is 19.0 Å². The average molecular weight is 364 g/mol. The summed E-state index contributed by atoms with van der Waals surface area (Å²) in [5, 5.41) is 3.68. The normalized spacial score (nSPS) is 13.3. The molecule has 1 aliphatic heterocycles. The van der Waals surface area contributed by atoms with E-state index in [1.807, 2.05) is 41.1 Å². The van der Waals surface area contributed by atoms with E-state index in [1.54, 1.807) is 19.2 Å². The summed E-state index contributed by atoms with van der Waals surface area (Å²) in [6.45, 7) is 1.21. The number of hydrogen-bond acceptors (Lipinski definition) is 4. The first-order valence-corrected chi connectivity index (χ1v) is 8.87. The Morgan fingerprint density at radius 2 is 2.04 bits per heavy atom. The summed E-state index contributed by atoms with van der Waals surface area (Å²) in [6, 6.07) is 13.0. The van der Waals surface area contributed by atoms with E-state index in [1.165, 1.54) is 0 Å². The van der Waals surface area contributed by atoms with Crippen LogP contribution in [0.4, 0.5) is 5.69 Å². The number of carbonyl (C=O) groups is 2. The van der Waals surface area contributed by atoms with Crippen molar-refractivity contribution in [3.63, 3.8) is 0 Å². The molecule has 0 unspecified atom stereocenters. The number of aryl methyl sites for hydroxylation is 1. The molecule has 2 heterocycles. The second-order valence-corrected chi connectivity index (χ2v) is 6.50. The van der Waals surface area contributed by atoms with Gasteiger partial charge in [0, 0.05) is 42.9 Å². The fourth-order valence-corrected chi connectivity index (χ4v) is 3.37. The molecule has 6 heteroatoms. The van der Waals surface area contributed by atoms with Gasteiger partial charge in [0.05, 0.1) is 12.2 Å². The van der Waals surface area contributed by atoms with Gasteiger partial charge in [0.1, 0.15) is 5.75 Å². The largest absolute Gasteiger partial charge is 0.423 e. The number of para-hydroxylation sites is 1. The molecule has 3 aromatic rings. The monoisotopic (exact) mass is 364 g/mol. The molecule has 1 amide bonds. The number of amides is 1. The molecule has 0 radical (unpaired) electrons. The second-order valence-electron chi connectivity index (χ2n) is 6.50. The standard InChI is InChI=1S/C21H20N2O4/c1-26-11-10-23-13-17(16-4-2-3-5-19(16)23)21(25)27-15-7-8-18-14(12-15)6-9-20(24)22-18/h2-5,7-8,12-13H,6,9-11H2,1H3,(H,22,24). The number of esters is 1. The zero-order chi connectivity index (χ0) is 18.8. The molecule has 0 spiro atoms. The van der Waals surface area contributed by atoms with Gasteiger partial charge in [-0.2, -0.15) is 0 Å². The molecule has 27 heavy (non-hydrogen) atoms. The number of nitrogens with zero attached hydrogens (tertiary/aromatic N) is 1. The highest BCUT2D eigenvalue weighted by molar-refractivity contribution is 6.05. The molecule has 0 atom stereocenters. The molecule has 1 aromatic heterocycles. The smallest absolute Gasteiger partial charge is 0.345 e. The van der Waals surface area contributed by atoms with Crippen LogP contribution in [0.3, 0.4) is 0 Å². The minimum Gasteiger partial charge on any atom is -0.423 e. The maximum Gasteiger partial charge on any atom is 0.345 e. The Hall–Kier alpha value is -3.12. The summed E-state index contributed by atoms with van der Waals surface area (Å²) < 4.78 is 12.8. The minimum absolute atomic E-state index is 0.0103.